The normalized spacial score (nSPS) is 23.4. The smallest absolute Gasteiger partial charge is 0.319 e. The maximum atomic E-state index is 12.3. The average molecular weight is 425 g/mol. The molecule has 3 rings (SSSR count). The van der Waals surface area contributed by atoms with Crippen LogP contribution in [0.5, 0.6) is 0 Å². The van der Waals surface area contributed by atoms with Crippen molar-refractivity contribution in [1.82, 2.24) is 14.9 Å². The summed E-state index contributed by atoms with van der Waals surface area (Å²) in [4.78, 5) is 35.5. The zero-order chi connectivity index (χ0) is 22.6. The Balaban J connectivity index is 1.76. The van der Waals surface area contributed by atoms with Crippen LogP contribution in [0.1, 0.15) is 45.1 Å². The molecule has 1 aromatic heterocycles. The fraction of sp³-hybridized carbons (Fsp3) is 0.478. The van der Waals surface area contributed by atoms with Gasteiger partial charge in [-0.05, 0) is 50.8 Å². The van der Waals surface area contributed by atoms with Crippen molar-refractivity contribution in [1.29, 1.82) is 0 Å². The van der Waals surface area contributed by atoms with E-state index in [0.717, 1.165) is 25.7 Å². The van der Waals surface area contributed by atoms with Crippen molar-refractivity contribution in [3.05, 3.63) is 48.3 Å². The summed E-state index contributed by atoms with van der Waals surface area (Å²) < 4.78 is 0. The van der Waals surface area contributed by atoms with Gasteiger partial charge in [0.1, 0.15) is 0 Å². The minimum atomic E-state index is -0.537. The molecule has 166 valence electrons. The van der Waals surface area contributed by atoms with Crippen molar-refractivity contribution >= 4 is 23.6 Å². The van der Waals surface area contributed by atoms with Crippen molar-refractivity contribution in [3.8, 4) is 0 Å². The number of nitrogens with zero attached hydrogens (tertiary/aromatic N) is 4. The van der Waals surface area contributed by atoms with Gasteiger partial charge in [0.25, 0.3) is 0 Å². The second-order valence-electron chi connectivity index (χ2n) is 8.97. The Hall–Kier alpha value is -3.00. The summed E-state index contributed by atoms with van der Waals surface area (Å²) in [6.45, 7) is 4.09. The fourth-order valence-corrected chi connectivity index (χ4v) is 4.53. The van der Waals surface area contributed by atoms with Crippen LogP contribution in [0, 0.1) is 5.41 Å². The average Bonchev–Trinajstić information content (AvgIpc) is 2.73. The van der Waals surface area contributed by atoms with E-state index in [0.29, 0.717) is 12.2 Å². The minimum absolute atomic E-state index is 0.0125. The third-order valence-electron chi connectivity index (χ3n) is 6.50. The van der Waals surface area contributed by atoms with E-state index in [2.05, 4.69) is 65.5 Å². The van der Waals surface area contributed by atoms with Crippen LogP contribution in [0.25, 0.3) is 0 Å². The lowest BCUT2D eigenvalue weighted by Gasteiger charge is -2.50. The van der Waals surface area contributed by atoms with Crippen LogP contribution in [-0.4, -0.2) is 47.4 Å². The van der Waals surface area contributed by atoms with Gasteiger partial charge in [-0.3, -0.25) is 19.9 Å². The molecule has 31 heavy (non-hydrogen) atoms. The zero-order valence-electron chi connectivity index (χ0n) is 18.8. The molecule has 0 saturated heterocycles. The number of urea groups is 1. The van der Waals surface area contributed by atoms with Crippen LogP contribution in [0.2, 0.25) is 0 Å². The van der Waals surface area contributed by atoms with E-state index in [1.54, 1.807) is 0 Å². The van der Waals surface area contributed by atoms with Crippen LogP contribution >= 0.6 is 0 Å². The highest BCUT2D eigenvalue weighted by Gasteiger charge is 2.44. The van der Waals surface area contributed by atoms with Crippen LogP contribution < -0.4 is 16.0 Å². The van der Waals surface area contributed by atoms with Crippen molar-refractivity contribution in [3.63, 3.8) is 0 Å². The molecule has 0 bridgehead atoms. The Kier molecular flexibility index (Phi) is 6.59. The van der Waals surface area contributed by atoms with Gasteiger partial charge in [0, 0.05) is 19.0 Å². The Labute approximate surface area is 183 Å². The number of carbonyl (C=O) groups excluding carboxylic acids is 2. The van der Waals surface area contributed by atoms with Crippen molar-refractivity contribution in [2.45, 2.75) is 45.1 Å². The van der Waals surface area contributed by atoms with E-state index in [1.807, 2.05) is 6.07 Å². The van der Waals surface area contributed by atoms with Crippen molar-refractivity contribution in [2.24, 2.45) is 11.1 Å². The topological polar surface area (TPSA) is 104 Å². The summed E-state index contributed by atoms with van der Waals surface area (Å²) in [7, 11) is 4.28. The molecule has 0 aliphatic heterocycles. The number of amides is 3. The lowest BCUT2D eigenvalue weighted by molar-refractivity contribution is -0.114. The van der Waals surface area contributed by atoms with Crippen LogP contribution in [0.3, 0.4) is 0 Å². The summed E-state index contributed by atoms with van der Waals surface area (Å²) >= 11 is 0. The first kappa shape index (κ1) is 22.7. The standard InChI is InChI=1S/C23H32N6O2/c1-17(30)27-21-25-14-19(15-26-21)29(20(24)31)16-22(2)10-12-23(13-11-22,28(3)4)18-8-6-5-7-9-18/h5-9,14-15H,10-13,16H2,1-4H3,(H2,24,31)(H,25,26,27,30). The monoisotopic (exact) mass is 424 g/mol. The van der Waals surface area contributed by atoms with Crippen LogP contribution in [0.15, 0.2) is 42.7 Å². The highest BCUT2D eigenvalue weighted by Crippen LogP contribution is 2.48. The minimum Gasteiger partial charge on any atom is -0.351 e. The predicted molar refractivity (Wildman–Crippen MR) is 122 cm³/mol. The van der Waals surface area contributed by atoms with Crippen molar-refractivity contribution in [2.75, 3.05) is 30.9 Å². The second-order valence-corrected chi connectivity index (χ2v) is 8.97. The molecule has 0 unspecified atom stereocenters. The first-order chi connectivity index (χ1) is 14.7. The van der Waals surface area contributed by atoms with Gasteiger partial charge < -0.3 is 5.73 Å². The maximum absolute atomic E-state index is 12.3. The number of rotatable bonds is 6. The lowest BCUT2D eigenvalue weighted by Crippen LogP contribution is -2.50. The molecule has 1 aliphatic carbocycles. The van der Waals surface area contributed by atoms with Crippen molar-refractivity contribution < 1.29 is 9.59 Å². The fourth-order valence-electron chi connectivity index (χ4n) is 4.53. The SMILES string of the molecule is CC(=O)Nc1ncc(N(CC2(C)CCC(c3ccccc3)(N(C)C)CC2)C(N)=O)cn1. The Morgan fingerprint density at radius 2 is 1.65 bits per heavy atom. The number of primary amides is 1. The Bertz CT molecular complexity index is 905. The number of benzene rings is 1. The molecule has 2 aromatic rings. The quantitative estimate of drug-likeness (QED) is 0.740. The first-order valence-electron chi connectivity index (χ1n) is 10.5. The van der Waals surface area contributed by atoms with E-state index in [1.165, 1.54) is 29.8 Å². The van der Waals surface area contributed by atoms with Gasteiger partial charge >= 0.3 is 6.03 Å². The summed E-state index contributed by atoms with van der Waals surface area (Å²) in [5.41, 5.74) is 7.47. The molecule has 1 saturated carbocycles. The molecular weight excluding hydrogens is 392 g/mol. The molecule has 0 spiro atoms. The molecule has 1 heterocycles. The molecule has 8 heteroatoms. The van der Waals surface area contributed by atoms with Gasteiger partial charge in [0.2, 0.25) is 11.9 Å². The van der Waals surface area contributed by atoms with Gasteiger partial charge in [0.05, 0.1) is 18.1 Å². The molecule has 1 aliphatic rings. The number of nitrogens with one attached hydrogen (secondary N) is 1. The van der Waals surface area contributed by atoms with E-state index in [9.17, 15) is 9.59 Å². The first-order valence-corrected chi connectivity index (χ1v) is 10.5. The summed E-state index contributed by atoms with van der Waals surface area (Å²) in [5.74, 6) is -0.0554. The molecule has 1 fully saturated rings. The number of nitrogens with two attached hydrogens (primary N) is 1. The molecule has 3 N–H and O–H groups in total. The van der Waals surface area contributed by atoms with Crippen LogP contribution in [-0.2, 0) is 10.3 Å². The van der Waals surface area contributed by atoms with Gasteiger partial charge in [-0.15, -0.1) is 0 Å². The van der Waals surface area contributed by atoms with Gasteiger partial charge in [-0.1, -0.05) is 37.3 Å². The summed E-state index contributed by atoms with van der Waals surface area (Å²) in [6, 6.07) is 10.1. The Morgan fingerprint density at radius 3 is 2.13 bits per heavy atom. The summed E-state index contributed by atoms with van der Waals surface area (Å²) in [5, 5.41) is 2.52. The summed E-state index contributed by atoms with van der Waals surface area (Å²) in [6.07, 6.45) is 6.92. The number of anilines is 2. The molecule has 0 radical (unpaired) electrons. The predicted octanol–water partition coefficient (Wildman–Crippen LogP) is 3.36. The number of hydrogen-bond donors (Lipinski definition) is 2. The molecule has 8 nitrogen and oxygen atoms in total. The molecule has 0 atom stereocenters. The molecular formula is C23H32N6O2. The molecule has 3 amide bonds. The van der Waals surface area contributed by atoms with E-state index >= 15 is 0 Å². The van der Waals surface area contributed by atoms with E-state index < -0.39 is 6.03 Å². The number of aromatic nitrogens is 2. The third-order valence-corrected chi connectivity index (χ3v) is 6.50. The highest BCUT2D eigenvalue weighted by molar-refractivity contribution is 5.90. The Morgan fingerprint density at radius 1 is 1.06 bits per heavy atom. The van der Waals surface area contributed by atoms with Gasteiger partial charge in [-0.25, -0.2) is 14.8 Å². The number of hydrogen-bond acceptors (Lipinski definition) is 5. The van der Waals surface area contributed by atoms with E-state index in [4.69, 9.17) is 5.73 Å². The third kappa shape index (κ3) is 5.02. The van der Waals surface area contributed by atoms with E-state index in [-0.39, 0.29) is 22.8 Å². The second kappa shape index (κ2) is 9.01. The van der Waals surface area contributed by atoms with Gasteiger partial charge in [-0.2, -0.15) is 0 Å². The maximum Gasteiger partial charge on any atom is 0.319 e. The lowest BCUT2D eigenvalue weighted by atomic mass is 9.65. The molecule has 1 aromatic carbocycles. The number of carbonyl (C=O) groups is 2. The highest BCUT2D eigenvalue weighted by atomic mass is 16.2. The zero-order valence-corrected chi connectivity index (χ0v) is 18.8. The largest absolute Gasteiger partial charge is 0.351 e. The van der Waals surface area contributed by atoms with Gasteiger partial charge in [0.15, 0.2) is 0 Å². The van der Waals surface area contributed by atoms with Crippen LogP contribution in [0.4, 0.5) is 16.4 Å².